The minimum Gasteiger partial charge on any atom is -0.309 e. The van der Waals surface area contributed by atoms with Crippen LogP contribution in [0, 0.1) is 5.82 Å². The normalized spacial score (nSPS) is 12.6. The van der Waals surface area contributed by atoms with E-state index in [0.29, 0.717) is 4.47 Å². The predicted molar refractivity (Wildman–Crippen MR) is 83.6 cm³/mol. The van der Waals surface area contributed by atoms with Crippen LogP contribution in [-0.4, -0.2) is 6.54 Å². The van der Waals surface area contributed by atoms with E-state index in [2.05, 4.69) is 28.2 Å². The van der Waals surface area contributed by atoms with Crippen molar-refractivity contribution in [2.75, 3.05) is 6.54 Å². The van der Waals surface area contributed by atoms with Gasteiger partial charge in [0, 0.05) is 10.9 Å². The Balaban J connectivity index is 2.18. The highest BCUT2D eigenvalue weighted by Crippen LogP contribution is 2.29. The molecule has 0 saturated heterocycles. The topological polar surface area (TPSA) is 12.0 Å². The molecule has 1 N–H and O–H groups in total. The molecule has 0 radical (unpaired) electrons. The third kappa shape index (κ3) is 4.02. The van der Waals surface area contributed by atoms with Crippen LogP contribution >= 0.6 is 38.9 Å². The number of benzene rings is 1. The van der Waals surface area contributed by atoms with E-state index in [4.69, 9.17) is 11.6 Å². The molecule has 0 aliphatic carbocycles. The quantitative estimate of drug-likeness (QED) is 0.771. The van der Waals surface area contributed by atoms with Crippen molar-refractivity contribution in [2.24, 2.45) is 0 Å². The molecule has 102 valence electrons. The number of hydrogen-bond acceptors (Lipinski definition) is 2. The molecule has 0 aliphatic heterocycles. The predicted octanol–water partition coefficient (Wildman–Crippen LogP) is 5.20. The molecule has 1 nitrogen and oxygen atoms in total. The third-order valence-corrected chi connectivity index (χ3v) is 4.76. The van der Waals surface area contributed by atoms with Crippen LogP contribution in [0.15, 0.2) is 34.8 Å². The maximum atomic E-state index is 13.2. The summed E-state index contributed by atoms with van der Waals surface area (Å²) in [7, 11) is 0. The van der Waals surface area contributed by atoms with E-state index in [-0.39, 0.29) is 11.9 Å². The maximum absolute atomic E-state index is 13.2. The van der Waals surface area contributed by atoms with Crippen LogP contribution in [0.1, 0.15) is 23.4 Å². The van der Waals surface area contributed by atoms with Gasteiger partial charge in [-0.3, -0.25) is 0 Å². The van der Waals surface area contributed by atoms with Crippen LogP contribution in [0.4, 0.5) is 4.39 Å². The Morgan fingerprint density at radius 3 is 2.74 bits per heavy atom. The van der Waals surface area contributed by atoms with Crippen LogP contribution in [0.25, 0.3) is 0 Å². The minimum atomic E-state index is -0.233. The van der Waals surface area contributed by atoms with Gasteiger partial charge in [0.15, 0.2) is 0 Å². The zero-order chi connectivity index (χ0) is 13.8. The highest BCUT2D eigenvalue weighted by Gasteiger charge is 2.14. The van der Waals surface area contributed by atoms with Crippen LogP contribution in [0.5, 0.6) is 0 Å². The number of thiophene rings is 1. The highest BCUT2D eigenvalue weighted by atomic mass is 79.9. The Hall–Kier alpha value is -0.420. The number of rotatable bonds is 5. The summed E-state index contributed by atoms with van der Waals surface area (Å²) >= 11 is 10.8. The van der Waals surface area contributed by atoms with Crippen molar-refractivity contribution in [3.05, 3.63) is 55.4 Å². The van der Waals surface area contributed by atoms with Crippen molar-refractivity contribution in [3.8, 4) is 0 Å². The first-order chi connectivity index (χ1) is 9.10. The molecule has 1 unspecified atom stereocenters. The van der Waals surface area contributed by atoms with Crippen LogP contribution in [0.3, 0.4) is 0 Å². The molecule has 0 spiro atoms. The molecule has 5 heteroatoms. The second-order valence-electron chi connectivity index (χ2n) is 4.20. The monoisotopic (exact) mass is 361 g/mol. The average Bonchev–Trinajstić information content (AvgIpc) is 2.80. The van der Waals surface area contributed by atoms with Crippen LogP contribution in [0.2, 0.25) is 4.34 Å². The first-order valence-electron chi connectivity index (χ1n) is 6.02. The highest BCUT2D eigenvalue weighted by molar-refractivity contribution is 9.10. The van der Waals surface area contributed by atoms with Gasteiger partial charge in [-0.2, -0.15) is 0 Å². The van der Waals surface area contributed by atoms with E-state index >= 15 is 0 Å². The minimum absolute atomic E-state index is 0.208. The fourth-order valence-electron chi connectivity index (χ4n) is 1.94. The van der Waals surface area contributed by atoms with Crippen molar-refractivity contribution in [2.45, 2.75) is 19.4 Å². The SMILES string of the molecule is CCNC(Cc1ccc(F)c(Br)c1)c1ccc(Cl)s1. The first-order valence-corrected chi connectivity index (χ1v) is 8.01. The summed E-state index contributed by atoms with van der Waals surface area (Å²) in [4.78, 5) is 1.20. The Morgan fingerprint density at radius 1 is 1.37 bits per heavy atom. The van der Waals surface area contributed by atoms with E-state index < -0.39 is 0 Å². The molecular formula is C14H14BrClFNS. The Kier molecular flexibility index (Phi) is 5.39. The fourth-order valence-corrected chi connectivity index (χ4v) is 3.50. The molecular weight excluding hydrogens is 349 g/mol. The maximum Gasteiger partial charge on any atom is 0.137 e. The van der Waals surface area contributed by atoms with E-state index in [1.165, 1.54) is 10.9 Å². The molecule has 0 fully saturated rings. The summed E-state index contributed by atoms with van der Waals surface area (Å²) in [6, 6.07) is 9.30. The lowest BCUT2D eigenvalue weighted by molar-refractivity contribution is 0.556. The van der Waals surface area contributed by atoms with E-state index in [9.17, 15) is 4.39 Å². The van der Waals surface area contributed by atoms with E-state index in [1.807, 2.05) is 24.3 Å². The number of nitrogens with one attached hydrogen (secondary N) is 1. The lowest BCUT2D eigenvalue weighted by atomic mass is 10.0. The Bertz CT molecular complexity index is 558. The molecule has 0 bridgehead atoms. The van der Waals surface area contributed by atoms with Gasteiger partial charge in [-0.1, -0.05) is 24.6 Å². The van der Waals surface area contributed by atoms with Gasteiger partial charge >= 0.3 is 0 Å². The number of hydrogen-bond donors (Lipinski definition) is 1. The molecule has 1 aromatic carbocycles. The Labute approximate surface area is 129 Å². The van der Waals surface area contributed by atoms with E-state index in [1.54, 1.807) is 11.3 Å². The molecule has 19 heavy (non-hydrogen) atoms. The van der Waals surface area contributed by atoms with Crippen molar-refractivity contribution in [1.29, 1.82) is 0 Å². The molecule has 1 aromatic heterocycles. The standard InChI is InChI=1S/C14H14BrClFNS/c1-2-18-12(13-5-6-14(16)19-13)8-9-3-4-11(17)10(15)7-9/h3-7,12,18H,2,8H2,1H3. The molecule has 0 saturated carbocycles. The number of halogens is 3. The molecule has 1 atom stereocenters. The van der Waals surface area contributed by atoms with Gasteiger partial charge in [0.1, 0.15) is 5.82 Å². The molecule has 2 rings (SSSR count). The van der Waals surface area contributed by atoms with Gasteiger partial charge in [0.05, 0.1) is 8.81 Å². The van der Waals surface area contributed by atoms with Crippen LogP contribution < -0.4 is 5.32 Å². The lowest BCUT2D eigenvalue weighted by Gasteiger charge is -2.16. The van der Waals surface area contributed by atoms with E-state index in [0.717, 1.165) is 22.9 Å². The molecule has 0 aliphatic rings. The summed E-state index contributed by atoms with van der Waals surface area (Å²) < 4.78 is 14.5. The zero-order valence-corrected chi connectivity index (χ0v) is 13.6. The van der Waals surface area contributed by atoms with Crippen LogP contribution in [-0.2, 0) is 6.42 Å². The molecule has 1 heterocycles. The summed E-state index contributed by atoms with van der Waals surface area (Å²) in [5.74, 6) is -0.233. The second-order valence-corrected chi connectivity index (χ2v) is 6.81. The first kappa shape index (κ1) is 15.0. The molecule has 2 aromatic rings. The largest absolute Gasteiger partial charge is 0.309 e. The summed E-state index contributed by atoms with van der Waals surface area (Å²) in [5, 5.41) is 3.44. The fraction of sp³-hybridized carbons (Fsp3) is 0.286. The third-order valence-electron chi connectivity index (χ3n) is 2.81. The van der Waals surface area contributed by atoms with Gasteiger partial charge in [0.25, 0.3) is 0 Å². The van der Waals surface area contributed by atoms with Gasteiger partial charge < -0.3 is 5.32 Å². The van der Waals surface area contributed by atoms with Gasteiger partial charge in [-0.05, 0) is 58.7 Å². The smallest absolute Gasteiger partial charge is 0.137 e. The summed E-state index contributed by atoms with van der Waals surface area (Å²) in [6.07, 6.45) is 0.809. The lowest BCUT2D eigenvalue weighted by Crippen LogP contribution is -2.22. The molecule has 0 amide bonds. The van der Waals surface area contributed by atoms with Gasteiger partial charge in [-0.15, -0.1) is 11.3 Å². The Morgan fingerprint density at radius 2 is 2.16 bits per heavy atom. The summed E-state index contributed by atoms with van der Waals surface area (Å²) in [6.45, 7) is 2.95. The van der Waals surface area contributed by atoms with Crippen molar-refractivity contribution in [1.82, 2.24) is 5.32 Å². The number of likely N-dealkylation sites (N-methyl/N-ethyl adjacent to an activating group) is 1. The van der Waals surface area contributed by atoms with Crippen molar-refractivity contribution in [3.63, 3.8) is 0 Å². The van der Waals surface area contributed by atoms with Crippen molar-refractivity contribution >= 4 is 38.9 Å². The average molecular weight is 363 g/mol. The van der Waals surface area contributed by atoms with Gasteiger partial charge in [-0.25, -0.2) is 4.39 Å². The van der Waals surface area contributed by atoms with Gasteiger partial charge in [0.2, 0.25) is 0 Å². The zero-order valence-electron chi connectivity index (χ0n) is 10.4. The second kappa shape index (κ2) is 6.84. The summed E-state index contributed by atoms with van der Waals surface area (Å²) in [5.41, 5.74) is 1.09. The van der Waals surface area contributed by atoms with Crippen molar-refractivity contribution < 1.29 is 4.39 Å².